The van der Waals surface area contributed by atoms with Crippen LogP contribution in [-0.4, -0.2) is 11.8 Å². The van der Waals surface area contributed by atoms with Crippen LogP contribution in [0.25, 0.3) is 0 Å². The Labute approximate surface area is 67.2 Å². The Kier molecular flexibility index (Phi) is 7.95. The zero-order valence-corrected chi connectivity index (χ0v) is 7.05. The third-order valence-corrected chi connectivity index (χ3v) is 0.889. The summed E-state index contributed by atoms with van der Waals surface area (Å²) in [5.41, 5.74) is 0. The summed E-state index contributed by atoms with van der Waals surface area (Å²) in [5, 5.41) is 14.0. The number of nitrogens with one attached hydrogen (secondary N) is 2. The van der Waals surface area contributed by atoms with Crippen molar-refractivity contribution in [2.75, 3.05) is 0 Å². The lowest BCUT2D eigenvalue weighted by atomic mass is 10.4. The van der Waals surface area contributed by atoms with Crippen molar-refractivity contribution < 1.29 is 4.74 Å². The van der Waals surface area contributed by atoms with Gasteiger partial charge in [0.05, 0.1) is 0 Å². The van der Waals surface area contributed by atoms with Crippen LogP contribution in [0.5, 0.6) is 0 Å². The second-order valence-electron chi connectivity index (χ2n) is 1.66. The van der Waals surface area contributed by atoms with Crippen LogP contribution < -0.4 is 0 Å². The minimum absolute atomic E-state index is 0. The van der Waals surface area contributed by atoms with Gasteiger partial charge in [-0.15, -0.1) is 12.4 Å². The second-order valence-corrected chi connectivity index (χ2v) is 1.66. The van der Waals surface area contributed by atoms with E-state index in [9.17, 15) is 0 Å². The third-order valence-electron chi connectivity index (χ3n) is 0.889. The summed E-state index contributed by atoms with van der Waals surface area (Å²) in [7, 11) is 0. The molecule has 0 aliphatic rings. The minimum atomic E-state index is 0. The molecular formula is C6H13ClN2O. The maximum absolute atomic E-state index is 7.01. The summed E-state index contributed by atoms with van der Waals surface area (Å²) in [5.74, 6) is 0.337. The topological polar surface area (TPSA) is 56.9 Å². The van der Waals surface area contributed by atoms with Gasteiger partial charge >= 0.3 is 0 Å². The Morgan fingerprint density at radius 3 is 1.60 bits per heavy atom. The molecular weight excluding hydrogens is 152 g/mol. The molecule has 0 aliphatic heterocycles. The van der Waals surface area contributed by atoms with E-state index >= 15 is 0 Å². The molecule has 0 aliphatic carbocycles. The Morgan fingerprint density at radius 1 is 1.10 bits per heavy atom. The van der Waals surface area contributed by atoms with E-state index in [1.807, 2.05) is 13.8 Å². The summed E-state index contributed by atoms with van der Waals surface area (Å²) in [4.78, 5) is 0. The number of hydrogen-bond acceptors (Lipinski definition) is 3. The van der Waals surface area contributed by atoms with Crippen molar-refractivity contribution >= 4 is 24.2 Å². The van der Waals surface area contributed by atoms with E-state index in [2.05, 4.69) is 0 Å². The molecule has 0 spiro atoms. The van der Waals surface area contributed by atoms with Crippen molar-refractivity contribution in [1.82, 2.24) is 0 Å². The van der Waals surface area contributed by atoms with Gasteiger partial charge in [0.2, 0.25) is 0 Å². The molecule has 0 aromatic carbocycles. The molecule has 0 atom stereocenters. The summed E-state index contributed by atoms with van der Waals surface area (Å²) in [6.45, 7) is 3.65. The predicted octanol–water partition coefficient (Wildman–Crippen LogP) is 2.20. The van der Waals surface area contributed by atoms with Crippen LogP contribution in [-0.2, 0) is 4.74 Å². The van der Waals surface area contributed by atoms with Gasteiger partial charge in [0.1, 0.15) is 0 Å². The summed E-state index contributed by atoms with van der Waals surface area (Å²) < 4.78 is 4.72. The molecule has 0 fully saturated rings. The monoisotopic (exact) mass is 164 g/mol. The Hall–Kier alpha value is -0.570. The number of halogens is 1. The molecule has 0 saturated heterocycles. The summed E-state index contributed by atoms with van der Waals surface area (Å²) in [6, 6.07) is 0. The van der Waals surface area contributed by atoms with Gasteiger partial charge in [0.25, 0.3) is 0 Å². The molecule has 2 N–H and O–H groups in total. The molecule has 0 bridgehead atoms. The van der Waals surface area contributed by atoms with Crippen LogP contribution in [0.3, 0.4) is 0 Å². The highest BCUT2D eigenvalue weighted by Crippen LogP contribution is 1.89. The van der Waals surface area contributed by atoms with E-state index in [-0.39, 0.29) is 24.2 Å². The predicted molar refractivity (Wildman–Crippen MR) is 44.4 cm³/mol. The maximum atomic E-state index is 7.01. The molecule has 3 nitrogen and oxygen atoms in total. The zero-order chi connectivity index (χ0) is 7.28. The largest absolute Gasteiger partial charge is 0.430 e. The van der Waals surface area contributed by atoms with E-state index in [1.54, 1.807) is 0 Å². The van der Waals surface area contributed by atoms with Gasteiger partial charge in [-0.05, 0) is 0 Å². The van der Waals surface area contributed by atoms with Gasteiger partial charge < -0.3 is 4.74 Å². The van der Waals surface area contributed by atoms with Crippen LogP contribution in [0.2, 0.25) is 0 Å². The highest BCUT2D eigenvalue weighted by Gasteiger charge is 1.96. The van der Waals surface area contributed by atoms with Crippen molar-refractivity contribution in [1.29, 1.82) is 10.8 Å². The lowest BCUT2D eigenvalue weighted by molar-refractivity contribution is 0.504. The van der Waals surface area contributed by atoms with Crippen molar-refractivity contribution in [2.45, 2.75) is 26.7 Å². The third kappa shape index (κ3) is 5.56. The van der Waals surface area contributed by atoms with E-state index < -0.39 is 0 Å². The first-order valence-corrected chi connectivity index (χ1v) is 3.03. The van der Waals surface area contributed by atoms with Gasteiger partial charge in [-0.25, -0.2) is 0 Å². The molecule has 0 heterocycles. The van der Waals surface area contributed by atoms with Crippen molar-refractivity contribution in [3.63, 3.8) is 0 Å². The zero-order valence-electron chi connectivity index (χ0n) is 6.23. The number of ether oxygens (including phenoxy) is 1. The van der Waals surface area contributed by atoms with Gasteiger partial charge in [0.15, 0.2) is 11.8 Å². The number of rotatable bonds is 2. The summed E-state index contributed by atoms with van der Waals surface area (Å²) >= 11 is 0. The molecule has 60 valence electrons. The Balaban J connectivity index is 0. The lowest BCUT2D eigenvalue weighted by Gasteiger charge is -2.01. The fourth-order valence-electron chi connectivity index (χ4n) is 0.293. The molecule has 0 saturated carbocycles. The van der Waals surface area contributed by atoms with E-state index in [0.29, 0.717) is 12.8 Å². The first-order chi connectivity index (χ1) is 4.20. The molecule has 4 heteroatoms. The SMILES string of the molecule is CCC(=N)OC(=N)CC.Cl. The van der Waals surface area contributed by atoms with E-state index in [4.69, 9.17) is 15.6 Å². The Morgan fingerprint density at radius 2 is 1.40 bits per heavy atom. The van der Waals surface area contributed by atoms with Crippen LogP contribution in [0.4, 0.5) is 0 Å². The average molecular weight is 165 g/mol. The highest BCUT2D eigenvalue weighted by molar-refractivity contribution is 5.87. The van der Waals surface area contributed by atoms with Crippen molar-refractivity contribution in [3.05, 3.63) is 0 Å². The van der Waals surface area contributed by atoms with Crippen molar-refractivity contribution in [3.8, 4) is 0 Å². The van der Waals surface area contributed by atoms with Gasteiger partial charge in [0, 0.05) is 12.8 Å². The molecule has 0 unspecified atom stereocenters. The molecule has 0 aromatic rings. The molecule has 0 rings (SSSR count). The molecule has 0 amide bonds. The van der Waals surface area contributed by atoms with Crippen LogP contribution in [0.15, 0.2) is 0 Å². The fourth-order valence-corrected chi connectivity index (χ4v) is 0.293. The summed E-state index contributed by atoms with van der Waals surface area (Å²) in [6.07, 6.45) is 1.12. The van der Waals surface area contributed by atoms with Crippen molar-refractivity contribution in [2.24, 2.45) is 0 Å². The lowest BCUT2D eigenvalue weighted by Crippen LogP contribution is -2.07. The van der Waals surface area contributed by atoms with Gasteiger partial charge in [-0.2, -0.15) is 0 Å². The highest BCUT2D eigenvalue weighted by atomic mass is 35.5. The first kappa shape index (κ1) is 12.1. The molecule has 10 heavy (non-hydrogen) atoms. The minimum Gasteiger partial charge on any atom is -0.430 e. The van der Waals surface area contributed by atoms with E-state index in [1.165, 1.54) is 0 Å². The smallest absolute Gasteiger partial charge is 0.188 e. The molecule has 0 radical (unpaired) electrons. The standard InChI is InChI=1S/C6H12N2O.ClH/c1-3-5(7)9-6(8)4-2;/h7-8H,3-4H2,1-2H3;1H. The maximum Gasteiger partial charge on any atom is 0.188 e. The van der Waals surface area contributed by atoms with Gasteiger partial charge in [-0.3, -0.25) is 10.8 Å². The van der Waals surface area contributed by atoms with Crippen LogP contribution in [0, 0.1) is 10.8 Å². The quantitative estimate of drug-likeness (QED) is 0.477. The second kappa shape index (κ2) is 6.55. The van der Waals surface area contributed by atoms with Gasteiger partial charge in [-0.1, -0.05) is 13.8 Å². The fraction of sp³-hybridized carbons (Fsp3) is 0.667. The normalized spacial score (nSPS) is 7.80. The Bertz CT molecular complexity index is 111. The van der Waals surface area contributed by atoms with E-state index in [0.717, 1.165) is 0 Å². The van der Waals surface area contributed by atoms with Crippen LogP contribution in [0.1, 0.15) is 26.7 Å². The first-order valence-electron chi connectivity index (χ1n) is 3.03. The average Bonchev–Trinajstić information content (AvgIpc) is 1.87. The van der Waals surface area contributed by atoms with Crippen LogP contribution >= 0.6 is 12.4 Å². The number of hydrogen-bond donors (Lipinski definition) is 2. The molecule has 0 aromatic heterocycles.